The van der Waals surface area contributed by atoms with Crippen molar-refractivity contribution in [2.45, 2.75) is 216 Å². The van der Waals surface area contributed by atoms with Gasteiger partial charge in [-0.15, -0.1) is 0 Å². The maximum Gasteiger partial charge on any atom is 0.410 e. The first-order valence-electron chi connectivity index (χ1n) is 32.9. The zero-order valence-corrected chi connectivity index (χ0v) is 58.1. The van der Waals surface area contributed by atoms with Gasteiger partial charge in [-0.1, -0.05) is 133 Å². The Morgan fingerprint density at radius 3 is 1.97 bits per heavy atom. The number of nitrogens with two attached hydrogens (primary N) is 1. The lowest BCUT2D eigenvalue weighted by atomic mass is 9.83. The molecule has 4 rings (SSSR count). The molecule has 0 saturated carbocycles. The van der Waals surface area contributed by atoms with Gasteiger partial charge in [0, 0.05) is 97.6 Å². The van der Waals surface area contributed by atoms with Crippen molar-refractivity contribution in [3.05, 3.63) is 59.7 Å². The van der Waals surface area contributed by atoms with Gasteiger partial charge in [0.2, 0.25) is 24.0 Å². The summed E-state index contributed by atoms with van der Waals surface area (Å²) in [5.41, 5.74) is 7.45. The van der Waals surface area contributed by atoms with Gasteiger partial charge in [0.1, 0.15) is 37.0 Å². The van der Waals surface area contributed by atoms with Gasteiger partial charge < -0.3 is 64.0 Å². The average molecular weight is 1290 g/mol. The molecule has 22 nitrogen and oxygen atoms in total. The summed E-state index contributed by atoms with van der Waals surface area (Å²) in [7, 11) is 6.21. The number of anilines is 1. The molecule has 92 heavy (non-hydrogen) atoms. The topological polar surface area (TPSA) is 286 Å². The van der Waals surface area contributed by atoms with Gasteiger partial charge >= 0.3 is 18.0 Å². The number of likely N-dealkylation sites (tertiary alicyclic amines) is 1. The van der Waals surface area contributed by atoms with Gasteiger partial charge in [-0.25, -0.2) is 4.79 Å². The summed E-state index contributed by atoms with van der Waals surface area (Å²) >= 11 is 0. The van der Waals surface area contributed by atoms with Gasteiger partial charge in [0.05, 0.1) is 54.6 Å². The van der Waals surface area contributed by atoms with E-state index in [0.717, 1.165) is 5.56 Å². The van der Waals surface area contributed by atoms with Crippen molar-refractivity contribution in [2.24, 2.45) is 64.9 Å². The molecular formula is C70H109N5O17. The Morgan fingerprint density at radius 1 is 0.750 bits per heavy atom. The van der Waals surface area contributed by atoms with E-state index in [1.807, 2.05) is 99.6 Å². The number of carbonyl (C=O) groups excluding carboxylic acids is 9. The van der Waals surface area contributed by atoms with Gasteiger partial charge in [-0.2, -0.15) is 0 Å². The van der Waals surface area contributed by atoms with E-state index in [4.69, 9.17) is 38.9 Å². The van der Waals surface area contributed by atoms with Crippen molar-refractivity contribution in [3.8, 4) is 5.75 Å². The molecule has 4 amide bonds. The van der Waals surface area contributed by atoms with Crippen molar-refractivity contribution in [2.75, 3.05) is 46.8 Å². The molecule has 0 spiro atoms. The van der Waals surface area contributed by atoms with E-state index in [1.165, 1.54) is 32.9 Å². The molecule has 2 aliphatic heterocycles. The van der Waals surface area contributed by atoms with Crippen molar-refractivity contribution in [1.29, 1.82) is 0 Å². The third-order valence-electron chi connectivity index (χ3n) is 18.9. The molecule has 2 saturated heterocycles. The predicted molar refractivity (Wildman–Crippen MR) is 347 cm³/mol. The number of amides is 4. The summed E-state index contributed by atoms with van der Waals surface area (Å²) in [5.74, 6) is -7.18. The van der Waals surface area contributed by atoms with Gasteiger partial charge in [0.25, 0.3) is 0 Å². The number of Topliss-reactive ketones (excluding diaryl/α,β-unsaturated/α-hetero) is 3. The molecule has 0 radical (unpaired) electrons. The number of hydrogen-bond acceptors (Lipinski definition) is 18. The number of hydrogen-bond donors (Lipinski definition) is 3. The predicted octanol–water partition coefficient (Wildman–Crippen LogP) is 9.15. The number of likely N-dealkylation sites (N-methyl/N-ethyl adjacent to an activating group) is 2. The minimum atomic E-state index is -1.05. The highest BCUT2D eigenvalue weighted by Crippen LogP contribution is 2.38. The number of ether oxygens (including phenoxy) is 7. The van der Waals surface area contributed by atoms with Crippen molar-refractivity contribution in [1.82, 2.24) is 14.7 Å². The molecule has 2 heterocycles. The van der Waals surface area contributed by atoms with Crippen LogP contribution in [0, 0.1) is 59.2 Å². The molecule has 0 aromatic heterocycles. The normalized spacial score (nSPS) is 21.9. The fourth-order valence-electron chi connectivity index (χ4n) is 12.8. The van der Waals surface area contributed by atoms with Crippen LogP contribution in [0.4, 0.5) is 10.5 Å². The minimum absolute atomic E-state index is 0.0648. The van der Waals surface area contributed by atoms with Crippen LogP contribution in [0.25, 0.3) is 0 Å². The monoisotopic (exact) mass is 1290 g/mol. The summed E-state index contributed by atoms with van der Waals surface area (Å²) < 4.78 is 41.9. The Bertz CT molecular complexity index is 2780. The summed E-state index contributed by atoms with van der Waals surface area (Å²) in [5, 5.41) is 13.9. The molecule has 0 aliphatic carbocycles. The van der Waals surface area contributed by atoms with Gasteiger partial charge in [-0.05, 0) is 65.7 Å². The van der Waals surface area contributed by atoms with Crippen LogP contribution in [0.3, 0.4) is 0 Å². The van der Waals surface area contributed by atoms with Crippen LogP contribution in [0.1, 0.15) is 166 Å². The van der Waals surface area contributed by atoms with Crippen LogP contribution in [0.2, 0.25) is 0 Å². The number of carbonyl (C=O) groups is 9. The molecule has 2 fully saturated rings. The van der Waals surface area contributed by atoms with Crippen molar-refractivity contribution in [3.63, 3.8) is 0 Å². The maximum atomic E-state index is 15.0. The first-order valence-corrected chi connectivity index (χ1v) is 32.9. The van der Waals surface area contributed by atoms with E-state index in [0.29, 0.717) is 31.4 Å². The van der Waals surface area contributed by atoms with E-state index in [2.05, 4.69) is 5.32 Å². The van der Waals surface area contributed by atoms with E-state index < -0.39 is 115 Å². The Hall–Kier alpha value is -6.33. The molecule has 22 heteroatoms. The summed E-state index contributed by atoms with van der Waals surface area (Å²) in [4.78, 5) is 128. The second kappa shape index (κ2) is 36.4. The summed E-state index contributed by atoms with van der Waals surface area (Å²) in [6.07, 6.45) is -4.11. The zero-order valence-electron chi connectivity index (χ0n) is 58.1. The number of esters is 2. The largest absolute Gasteiger partial charge is 0.463 e. The second-order valence-corrected chi connectivity index (χ2v) is 26.9. The Labute approximate surface area is 546 Å². The molecule has 17 atom stereocenters. The van der Waals surface area contributed by atoms with E-state index in [9.17, 15) is 48.3 Å². The summed E-state index contributed by atoms with van der Waals surface area (Å²) in [6.45, 7) is 26.3. The number of ketones is 3. The fraction of sp³-hybridized carbons (Fsp3) is 0.700. The Kier molecular flexibility index (Phi) is 30.9. The highest BCUT2D eigenvalue weighted by Gasteiger charge is 2.47. The number of methoxy groups -OCH3 is 2. The van der Waals surface area contributed by atoms with Crippen LogP contribution in [-0.2, 0) is 73.4 Å². The SMILES string of the molecule is CC[C@H](C)[C@@H]([C@@H](CC(=O)N1CCC[C@H]1[C@H](OC)[C@@H](C)C(=O)C[C@H](C)[C@@H](O)c1ccccc1)OC)N(C)C(=O)[C@@H](CC(=O)[C@H](C(C)C)N(C)C(=O)OCc1ccc(NC(=O)[C@H](C)CC(=O)[C@@H](N)C(C)C)c(O[C@@H]2O[C@H](COC(C)=O)[C@H](OC(C)=O)[C@H](C)[C@H]2C)c1)C(C)C. The van der Waals surface area contributed by atoms with E-state index in [-0.39, 0.29) is 109 Å². The van der Waals surface area contributed by atoms with Crippen LogP contribution in [0.5, 0.6) is 5.75 Å². The molecular weight excluding hydrogens is 1180 g/mol. The second-order valence-electron chi connectivity index (χ2n) is 26.9. The first-order chi connectivity index (χ1) is 43.2. The molecule has 4 N–H and O–H groups in total. The quantitative estimate of drug-likeness (QED) is 0.0428. The Morgan fingerprint density at radius 2 is 1.40 bits per heavy atom. The molecule has 0 bridgehead atoms. The first kappa shape index (κ1) is 78.1. The van der Waals surface area contributed by atoms with Crippen LogP contribution >= 0.6 is 0 Å². The third kappa shape index (κ3) is 21.1. The summed E-state index contributed by atoms with van der Waals surface area (Å²) in [6, 6.07) is 11.2. The van der Waals surface area contributed by atoms with Gasteiger partial charge in [0.15, 0.2) is 11.6 Å². The number of rotatable bonds is 35. The molecule has 0 unspecified atom stereocenters. The Balaban J connectivity index is 1.54. The zero-order chi connectivity index (χ0) is 69.2. The third-order valence-corrected chi connectivity index (χ3v) is 18.9. The molecule has 2 aliphatic rings. The standard InChI is InChI=1S/C70H109N5O17/c1-20-41(8)63(58(86-18)35-60(81)75-30-24-27-53(75)65(87-19)46(13)54(78)31-42(9)64(82)50-25-22-21-23-26-50)73(16)68(84)51(38(2)3)34-56(80)62(40(6)7)74(17)70(85)89-36-49-28-29-52(72-67(83)43(10)32-55(79)61(71)39(4)5)57(33-49)91-69-45(12)44(11)66(90-48(15)77)59(92-69)37-88-47(14)76/h21-23,25-26,28-29,33,38-46,51,53,58-59,61-66,69,82H,20,24,27,30-32,34-37,71H2,1-19H3,(H,72,83)/t41-,42-,43+,44+,45+,46-,51-,53-,58+,59+,61-,62-,63-,64+,65+,66+,69+/m0/s1. The lowest BCUT2D eigenvalue weighted by molar-refractivity contribution is -0.247. The van der Waals surface area contributed by atoms with Crippen LogP contribution in [0.15, 0.2) is 48.5 Å². The molecule has 2 aromatic rings. The van der Waals surface area contributed by atoms with Crippen molar-refractivity contribution >= 4 is 58.8 Å². The lowest BCUT2D eigenvalue weighted by Crippen LogP contribution is -2.54. The number of benzene rings is 2. The smallest absolute Gasteiger partial charge is 0.410 e. The van der Waals surface area contributed by atoms with E-state index >= 15 is 0 Å². The fourth-order valence-corrected chi connectivity index (χ4v) is 12.8. The van der Waals surface area contributed by atoms with Crippen molar-refractivity contribution < 1.29 is 81.4 Å². The molecule has 516 valence electrons. The van der Waals surface area contributed by atoms with E-state index in [1.54, 1.807) is 62.9 Å². The highest BCUT2D eigenvalue weighted by atomic mass is 16.7. The van der Waals surface area contributed by atoms with Crippen LogP contribution in [-0.4, -0.2) is 169 Å². The number of nitrogens with one attached hydrogen (secondary N) is 1. The van der Waals surface area contributed by atoms with Gasteiger partial charge in [-0.3, -0.25) is 38.4 Å². The molecule has 2 aromatic carbocycles. The maximum absolute atomic E-state index is 15.0. The number of aliphatic hydroxyl groups excluding tert-OH is 1. The number of aliphatic hydroxyl groups is 1. The minimum Gasteiger partial charge on any atom is -0.463 e. The van der Waals surface area contributed by atoms with Crippen LogP contribution < -0.4 is 15.8 Å². The average Bonchev–Trinajstić information content (AvgIpc) is 1.07. The lowest BCUT2D eigenvalue weighted by Gasteiger charge is -2.43. The number of nitrogens with zero attached hydrogens (tertiary/aromatic N) is 3. The highest BCUT2D eigenvalue weighted by molar-refractivity contribution is 5.97.